The molecule has 0 spiro atoms. The van der Waals surface area contributed by atoms with E-state index in [2.05, 4.69) is 0 Å². The van der Waals surface area contributed by atoms with Crippen molar-refractivity contribution in [2.45, 2.75) is 0 Å². The molecule has 0 fully saturated rings. The van der Waals surface area contributed by atoms with Crippen LogP contribution in [0.1, 0.15) is 20.8 Å². The predicted octanol–water partition coefficient (Wildman–Crippen LogP) is -0.522. The number of aromatic nitrogens is 2. The Morgan fingerprint density at radius 3 is 2.24 bits per heavy atom. The Labute approximate surface area is 159 Å². The summed E-state index contributed by atoms with van der Waals surface area (Å²) in [7, 11) is 0. The molecule has 0 unspecified atom stereocenters. The number of hydrogen-bond donors (Lipinski definition) is 4. The fourth-order valence-electron chi connectivity index (χ4n) is 1.73. The van der Waals surface area contributed by atoms with E-state index in [1.165, 1.54) is 18.2 Å². The number of nitrogens with one attached hydrogen (secondary N) is 2. The number of carboxylic acid groups (broad SMARTS) is 2. The molecule has 1 aromatic heterocycles. The van der Waals surface area contributed by atoms with E-state index in [-0.39, 0.29) is 68.1 Å². The predicted molar refractivity (Wildman–Crippen MR) is 74.2 cm³/mol. The van der Waals surface area contributed by atoms with Gasteiger partial charge in [0.1, 0.15) is 5.69 Å². The number of hydrogen-bond acceptors (Lipinski definition) is 4. The standard InChI is InChI=1S/C12H8N2O6.K.H/c15-9-7(8(11(18)19)13-12(20)14-9)5-2-1-3-6(4-5)10(16)17;;/h1-4H,(H,16,17)(H,18,19)(H2,13,14,15,20);;. The molecule has 0 amide bonds. The molecule has 2 aromatic rings. The number of aromatic carboxylic acids is 2. The van der Waals surface area contributed by atoms with Crippen LogP contribution in [-0.2, 0) is 0 Å². The molecule has 8 nitrogen and oxygen atoms in total. The van der Waals surface area contributed by atoms with E-state index in [9.17, 15) is 19.2 Å². The van der Waals surface area contributed by atoms with Gasteiger partial charge in [-0.25, -0.2) is 14.4 Å². The number of benzene rings is 1. The molecular formula is C12H9KN2O6. The number of rotatable bonds is 3. The third-order valence-corrected chi connectivity index (χ3v) is 2.55. The zero-order chi connectivity index (χ0) is 14.9. The molecule has 0 bridgehead atoms. The summed E-state index contributed by atoms with van der Waals surface area (Å²) in [5.74, 6) is -2.71. The van der Waals surface area contributed by atoms with Crippen molar-refractivity contribution in [3.63, 3.8) is 0 Å². The topological polar surface area (TPSA) is 140 Å². The van der Waals surface area contributed by atoms with Crippen molar-refractivity contribution in [1.82, 2.24) is 9.97 Å². The van der Waals surface area contributed by atoms with Crippen LogP contribution in [0.4, 0.5) is 0 Å². The van der Waals surface area contributed by atoms with Gasteiger partial charge in [-0.2, -0.15) is 0 Å². The Bertz CT molecular complexity index is 823. The molecule has 1 aromatic carbocycles. The fourth-order valence-corrected chi connectivity index (χ4v) is 1.73. The summed E-state index contributed by atoms with van der Waals surface area (Å²) in [6.07, 6.45) is 0. The van der Waals surface area contributed by atoms with Crippen molar-refractivity contribution in [3.05, 3.63) is 56.4 Å². The van der Waals surface area contributed by atoms with Crippen LogP contribution < -0.4 is 11.2 Å². The van der Waals surface area contributed by atoms with Crippen LogP contribution in [0.2, 0.25) is 0 Å². The van der Waals surface area contributed by atoms with Gasteiger partial charge in [0, 0.05) is 0 Å². The van der Waals surface area contributed by atoms with Crippen LogP contribution in [0.15, 0.2) is 33.9 Å². The second-order valence-corrected chi connectivity index (χ2v) is 3.85. The first-order chi connectivity index (χ1) is 9.40. The van der Waals surface area contributed by atoms with Crippen LogP contribution in [0, 0.1) is 0 Å². The van der Waals surface area contributed by atoms with Gasteiger partial charge in [-0.1, -0.05) is 12.1 Å². The summed E-state index contributed by atoms with van der Waals surface area (Å²) in [5.41, 5.74) is -2.79. The van der Waals surface area contributed by atoms with E-state index in [1.54, 1.807) is 0 Å². The van der Waals surface area contributed by atoms with Crippen LogP contribution in [0.5, 0.6) is 0 Å². The molecule has 0 aliphatic heterocycles. The average Bonchev–Trinajstić information content (AvgIpc) is 2.37. The maximum atomic E-state index is 11.8. The number of carboxylic acids is 2. The summed E-state index contributed by atoms with van der Waals surface area (Å²) in [4.78, 5) is 48.7. The maximum absolute atomic E-state index is 11.8. The number of H-pyrrole nitrogens is 2. The molecular weight excluding hydrogens is 307 g/mol. The summed E-state index contributed by atoms with van der Waals surface area (Å²) >= 11 is 0. The zero-order valence-electron chi connectivity index (χ0n) is 9.84. The zero-order valence-corrected chi connectivity index (χ0v) is 9.84. The van der Waals surface area contributed by atoms with E-state index in [4.69, 9.17) is 10.2 Å². The van der Waals surface area contributed by atoms with Crippen LogP contribution >= 0.6 is 0 Å². The fraction of sp³-hybridized carbons (Fsp3) is 0. The third-order valence-electron chi connectivity index (χ3n) is 2.55. The molecule has 0 saturated heterocycles. The van der Waals surface area contributed by atoms with Crippen molar-refractivity contribution in [3.8, 4) is 11.1 Å². The van der Waals surface area contributed by atoms with Crippen molar-refractivity contribution < 1.29 is 19.8 Å². The number of aromatic amines is 2. The van der Waals surface area contributed by atoms with Gasteiger partial charge >= 0.3 is 69.0 Å². The summed E-state index contributed by atoms with van der Waals surface area (Å²) < 4.78 is 0. The van der Waals surface area contributed by atoms with Gasteiger partial charge < -0.3 is 15.2 Å². The molecule has 2 rings (SSSR count). The Hall–Kier alpha value is -1.52. The van der Waals surface area contributed by atoms with Gasteiger partial charge in [0.25, 0.3) is 5.56 Å². The first-order valence-corrected chi connectivity index (χ1v) is 5.34. The van der Waals surface area contributed by atoms with Gasteiger partial charge in [-0.3, -0.25) is 9.78 Å². The number of carbonyl (C=O) groups is 2. The molecule has 0 saturated carbocycles. The molecule has 1 heterocycles. The quantitative estimate of drug-likeness (QED) is 0.562. The molecule has 0 aliphatic carbocycles. The third kappa shape index (κ3) is 3.77. The van der Waals surface area contributed by atoms with Crippen LogP contribution in [0.3, 0.4) is 0 Å². The summed E-state index contributed by atoms with van der Waals surface area (Å²) in [6, 6.07) is 5.19. The first kappa shape index (κ1) is 17.5. The SMILES string of the molecule is O=C(O)c1cccc(-c2c(C(=O)O)[nH]c(=O)[nH]c2=O)c1.[KH]. The molecule has 9 heteroatoms. The first-order valence-electron chi connectivity index (χ1n) is 5.34. The van der Waals surface area contributed by atoms with Crippen molar-refractivity contribution in [2.75, 3.05) is 0 Å². The average molecular weight is 316 g/mol. The van der Waals surface area contributed by atoms with Gasteiger partial charge in [-0.05, 0) is 17.7 Å². The van der Waals surface area contributed by atoms with E-state index < -0.39 is 28.9 Å². The summed E-state index contributed by atoms with van der Waals surface area (Å²) in [5, 5.41) is 17.9. The van der Waals surface area contributed by atoms with E-state index in [0.29, 0.717) is 0 Å². The monoisotopic (exact) mass is 316 g/mol. The molecule has 0 radical (unpaired) electrons. The van der Waals surface area contributed by atoms with Crippen molar-refractivity contribution in [1.29, 1.82) is 0 Å². The Morgan fingerprint density at radius 1 is 1.00 bits per heavy atom. The van der Waals surface area contributed by atoms with Gasteiger partial charge in [0.05, 0.1) is 11.1 Å². The second kappa shape index (κ2) is 6.96. The van der Waals surface area contributed by atoms with Gasteiger partial charge in [0.15, 0.2) is 0 Å². The minimum absolute atomic E-state index is 0. The van der Waals surface area contributed by atoms with E-state index in [0.717, 1.165) is 6.07 Å². The van der Waals surface area contributed by atoms with Gasteiger partial charge in [0.2, 0.25) is 0 Å². The Kier molecular flexibility index (Phi) is 5.81. The Balaban J connectivity index is 0.00000220. The van der Waals surface area contributed by atoms with Crippen molar-refractivity contribution in [2.24, 2.45) is 0 Å². The van der Waals surface area contributed by atoms with Gasteiger partial charge in [-0.15, -0.1) is 0 Å². The van der Waals surface area contributed by atoms with E-state index >= 15 is 0 Å². The van der Waals surface area contributed by atoms with Crippen LogP contribution in [-0.4, -0.2) is 83.5 Å². The molecule has 104 valence electrons. The summed E-state index contributed by atoms with van der Waals surface area (Å²) in [6.45, 7) is 0. The second-order valence-electron chi connectivity index (χ2n) is 3.85. The minimum atomic E-state index is -1.50. The molecule has 0 atom stereocenters. The molecule has 21 heavy (non-hydrogen) atoms. The molecule has 4 N–H and O–H groups in total. The Morgan fingerprint density at radius 2 is 1.67 bits per heavy atom. The van der Waals surface area contributed by atoms with Crippen LogP contribution in [0.25, 0.3) is 11.1 Å². The van der Waals surface area contributed by atoms with Crippen molar-refractivity contribution >= 4 is 63.3 Å². The normalized spacial score (nSPS) is 9.71. The van der Waals surface area contributed by atoms with E-state index in [1.807, 2.05) is 9.97 Å². The molecule has 0 aliphatic rings.